The Morgan fingerprint density at radius 3 is 2.75 bits per heavy atom. The lowest BCUT2D eigenvalue weighted by atomic mass is 10.2. The van der Waals surface area contributed by atoms with Crippen molar-refractivity contribution in [2.75, 3.05) is 52.8 Å². The fraction of sp³-hybridized carbons (Fsp3) is 0.571. The Bertz CT molecular complexity index is 456. The van der Waals surface area contributed by atoms with E-state index in [1.54, 1.807) is 20.3 Å². The van der Waals surface area contributed by atoms with Crippen LogP contribution < -0.4 is 14.8 Å². The number of hydrogen-bond donors (Lipinski definition) is 1. The number of benzene rings is 1. The number of rotatable bonds is 5. The van der Waals surface area contributed by atoms with Gasteiger partial charge in [0.05, 0.1) is 37.6 Å². The maximum atomic E-state index is 6.14. The number of anilines is 1. The van der Waals surface area contributed by atoms with Gasteiger partial charge in [0.2, 0.25) is 0 Å². The molecule has 0 saturated carbocycles. The molecule has 1 aliphatic rings. The SMILES string of the molecule is COc1cc(OC)c(NCC2CN(C)CCO2)cc1Cl. The Hall–Kier alpha value is -1.17. The molecule has 0 bridgehead atoms. The third-order valence-corrected chi connectivity index (χ3v) is 3.63. The van der Waals surface area contributed by atoms with Gasteiger partial charge in [0.1, 0.15) is 11.5 Å². The van der Waals surface area contributed by atoms with Crippen LogP contribution in [0.1, 0.15) is 0 Å². The number of nitrogens with zero attached hydrogens (tertiary/aromatic N) is 1. The summed E-state index contributed by atoms with van der Waals surface area (Å²) in [6.45, 7) is 3.38. The second-order valence-electron chi connectivity index (χ2n) is 4.82. The highest BCUT2D eigenvalue weighted by Gasteiger charge is 2.18. The van der Waals surface area contributed by atoms with E-state index in [0.29, 0.717) is 23.1 Å². The smallest absolute Gasteiger partial charge is 0.145 e. The predicted molar refractivity (Wildman–Crippen MR) is 80.3 cm³/mol. The molecule has 0 amide bonds. The number of ether oxygens (including phenoxy) is 3. The third-order valence-electron chi connectivity index (χ3n) is 3.34. The molecular weight excluding hydrogens is 280 g/mol. The molecule has 1 heterocycles. The Labute approximate surface area is 124 Å². The molecule has 1 aromatic carbocycles. The van der Waals surface area contributed by atoms with Gasteiger partial charge in [-0.25, -0.2) is 0 Å². The van der Waals surface area contributed by atoms with Crippen molar-refractivity contribution in [1.29, 1.82) is 0 Å². The van der Waals surface area contributed by atoms with Crippen molar-refractivity contribution in [3.8, 4) is 11.5 Å². The summed E-state index contributed by atoms with van der Waals surface area (Å²) in [7, 11) is 5.30. The molecule has 1 N–H and O–H groups in total. The summed E-state index contributed by atoms with van der Waals surface area (Å²) in [6, 6.07) is 3.59. The fourth-order valence-electron chi connectivity index (χ4n) is 2.21. The van der Waals surface area contributed by atoms with Gasteiger partial charge in [0.15, 0.2) is 0 Å². The van der Waals surface area contributed by atoms with E-state index in [1.807, 2.05) is 6.07 Å². The molecule has 0 aromatic heterocycles. The Kier molecular flexibility index (Phi) is 5.34. The van der Waals surface area contributed by atoms with Gasteiger partial charge < -0.3 is 24.4 Å². The van der Waals surface area contributed by atoms with Gasteiger partial charge in [-0.2, -0.15) is 0 Å². The van der Waals surface area contributed by atoms with Gasteiger partial charge in [0, 0.05) is 25.7 Å². The van der Waals surface area contributed by atoms with E-state index in [0.717, 1.165) is 25.4 Å². The summed E-state index contributed by atoms with van der Waals surface area (Å²) in [6.07, 6.45) is 0.166. The highest BCUT2D eigenvalue weighted by Crippen LogP contribution is 2.35. The van der Waals surface area contributed by atoms with Gasteiger partial charge in [-0.05, 0) is 13.1 Å². The van der Waals surface area contributed by atoms with E-state index >= 15 is 0 Å². The van der Waals surface area contributed by atoms with Gasteiger partial charge in [-0.15, -0.1) is 0 Å². The Morgan fingerprint density at radius 2 is 2.10 bits per heavy atom. The molecule has 1 aliphatic heterocycles. The Balaban J connectivity index is 2.03. The first-order valence-corrected chi connectivity index (χ1v) is 6.97. The average Bonchev–Trinajstić information content (AvgIpc) is 2.45. The van der Waals surface area contributed by atoms with E-state index in [1.165, 1.54) is 0 Å². The quantitative estimate of drug-likeness (QED) is 0.902. The summed E-state index contributed by atoms with van der Waals surface area (Å²) < 4.78 is 16.2. The lowest BCUT2D eigenvalue weighted by Crippen LogP contribution is -2.43. The van der Waals surface area contributed by atoms with E-state index < -0.39 is 0 Å². The molecule has 0 spiro atoms. The normalized spacial score (nSPS) is 19.7. The molecule has 20 heavy (non-hydrogen) atoms. The molecule has 6 heteroatoms. The van der Waals surface area contributed by atoms with Crippen molar-refractivity contribution in [3.63, 3.8) is 0 Å². The summed E-state index contributed by atoms with van der Waals surface area (Å²) in [5.41, 5.74) is 0.843. The fourth-order valence-corrected chi connectivity index (χ4v) is 2.45. The number of methoxy groups -OCH3 is 2. The largest absolute Gasteiger partial charge is 0.495 e. The van der Waals surface area contributed by atoms with Crippen molar-refractivity contribution >= 4 is 17.3 Å². The van der Waals surface area contributed by atoms with Crippen molar-refractivity contribution < 1.29 is 14.2 Å². The second-order valence-corrected chi connectivity index (χ2v) is 5.23. The third kappa shape index (κ3) is 3.69. The minimum Gasteiger partial charge on any atom is -0.495 e. The predicted octanol–water partition coefficient (Wildman–Crippen LogP) is 2.10. The van der Waals surface area contributed by atoms with E-state index in [4.69, 9.17) is 25.8 Å². The maximum absolute atomic E-state index is 6.14. The number of hydrogen-bond acceptors (Lipinski definition) is 5. The first kappa shape index (κ1) is 15.2. The molecule has 112 valence electrons. The van der Waals surface area contributed by atoms with Gasteiger partial charge >= 0.3 is 0 Å². The second kappa shape index (κ2) is 7.02. The molecule has 1 fully saturated rings. The number of likely N-dealkylation sites (N-methyl/N-ethyl adjacent to an activating group) is 1. The van der Waals surface area contributed by atoms with Crippen molar-refractivity contribution in [1.82, 2.24) is 4.90 Å². The molecular formula is C14H21ClN2O3. The van der Waals surface area contributed by atoms with Crippen LogP contribution in [0.5, 0.6) is 11.5 Å². The van der Waals surface area contributed by atoms with Crippen LogP contribution in [-0.2, 0) is 4.74 Å². The minimum atomic E-state index is 0.166. The molecule has 1 aromatic rings. The zero-order valence-electron chi connectivity index (χ0n) is 12.1. The monoisotopic (exact) mass is 300 g/mol. The number of halogens is 1. The summed E-state index contributed by atoms with van der Waals surface area (Å²) >= 11 is 6.14. The minimum absolute atomic E-state index is 0.166. The highest BCUT2D eigenvalue weighted by molar-refractivity contribution is 6.32. The topological polar surface area (TPSA) is 43.0 Å². The van der Waals surface area contributed by atoms with Crippen molar-refractivity contribution in [3.05, 3.63) is 17.2 Å². The zero-order chi connectivity index (χ0) is 14.5. The van der Waals surface area contributed by atoms with E-state index in [-0.39, 0.29) is 6.10 Å². The summed E-state index contributed by atoms with van der Waals surface area (Å²) in [5, 5.41) is 3.88. The molecule has 2 rings (SSSR count). The lowest BCUT2D eigenvalue weighted by molar-refractivity contribution is -0.0117. The molecule has 0 radical (unpaired) electrons. The number of nitrogens with one attached hydrogen (secondary N) is 1. The molecule has 1 unspecified atom stereocenters. The molecule has 0 aliphatic carbocycles. The first-order chi connectivity index (χ1) is 9.63. The van der Waals surface area contributed by atoms with Gasteiger partial charge in [-0.1, -0.05) is 11.6 Å². The lowest BCUT2D eigenvalue weighted by Gasteiger charge is -2.30. The molecule has 5 nitrogen and oxygen atoms in total. The first-order valence-electron chi connectivity index (χ1n) is 6.59. The van der Waals surface area contributed by atoms with Gasteiger partial charge in [0.25, 0.3) is 0 Å². The van der Waals surface area contributed by atoms with Crippen LogP contribution in [0.2, 0.25) is 5.02 Å². The van der Waals surface area contributed by atoms with Crippen LogP contribution >= 0.6 is 11.6 Å². The standard InChI is InChI=1S/C14H21ClN2O3/c1-17-4-5-20-10(9-17)8-16-12-6-11(15)13(18-2)7-14(12)19-3/h6-7,10,16H,4-5,8-9H2,1-3H3. The van der Waals surface area contributed by atoms with Crippen LogP contribution in [0.4, 0.5) is 5.69 Å². The Morgan fingerprint density at radius 1 is 1.35 bits per heavy atom. The van der Waals surface area contributed by atoms with Crippen LogP contribution in [0.25, 0.3) is 0 Å². The van der Waals surface area contributed by atoms with E-state index in [2.05, 4.69) is 17.3 Å². The van der Waals surface area contributed by atoms with Gasteiger partial charge in [-0.3, -0.25) is 0 Å². The van der Waals surface area contributed by atoms with Crippen molar-refractivity contribution in [2.45, 2.75) is 6.10 Å². The zero-order valence-corrected chi connectivity index (χ0v) is 12.9. The van der Waals surface area contributed by atoms with Crippen LogP contribution in [-0.4, -0.2) is 58.5 Å². The van der Waals surface area contributed by atoms with Crippen molar-refractivity contribution in [2.24, 2.45) is 0 Å². The molecule has 1 saturated heterocycles. The number of morpholine rings is 1. The maximum Gasteiger partial charge on any atom is 0.145 e. The van der Waals surface area contributed by atoms with E-state index in [9.17, 15) is 0 Å². The summed E-state index contributed by atoms with van der Waals surface area (Å²) in [5.74, 6) is 1.30. The van der Waals surface area contributed by atoms with Crippen LogP contribution in [0, 0.1) is 0 Å². The van der Waals surface area contributed by atoms with Crippen LogP contribution in [0.3, 0.4) is 0 Å². The van der Waals surface area contributed by atoms with Crippen LogP contribution in [0.15, 0.2) is 12.1 Å². The highest BCUT2D eigenvalue weighted by atomic mass is 35.5. The molecule has 1 atom stereocenters. The summed E-state index contributed by atoms with van der Waals surface area (Å²) in [4.78, 5) is 2.26. The average molecular weight is 301 g/mol.